The summed E-state index contributed by atoms with van der Waals surface area (Å²) >= 11 is 0. The van der Waals surface area contributed by atoms with Crippen molar-refractivity contribution in [3.63, 3.8) is 0 Å². The van der Waals surface area contributed by atoms with Crippen LogP contribution in [-0.4, -0.2) is 45.4 Å². The molecule has 6 nitrogen and oxygen atoms in total. The Hall–Kier alpha value is 0.411. The molecule has 0 aliphatic heterocycles. The molecule has 0 radical (unpaired) electrons. The fourth-order valence-electron chi connectivity index (χ4n) is 0.843. The van der Waals surface area contributed by atoms with Crippen molar-refractivity contribution in [2.24, 2.45) is 0 Å². The van der Waals surface area contributed by atoms with Gasteiger partial charge in [-0.15, -0.1) is 0 Å². The molecule has 0 rings (SSSR count). The van der Waals surface area contributed by atoms with Crippen LogP contribution < -0.4 is 0 Å². The first-order valence-corrected chi connectivity index (χ1v) is 11.1. The van der Waals surface area contributed by atoms with E-state index in [1.165, 1.54) is 19.6 Å². The van der Waals surface area contributed by atoms with Gasteiger partial charge in [0.15, 0.2) is 0 Å². The lowest BCUT2D eigenvalue weighted by molar-refractivity contribution is 0.161. The van der Waals surface area contributed by atoms with Crippen LogP contribution in [0.25, 0.3) is 0 Å². The van der Waals surface area contributed by atoms with Crippen molar-refractivity contribution < 1.29 is 27.4 Å². The van der Waals surface area contributed by atoms with Crippen LogP contribution in [0.15, 0.2) is 0 Å². The SMILES string of the molecule is C[Si](C)(O)O[Si](C)(O)O[Si](C)(O)O. The maximum absolute atomic E-state index is 9.47. The Morgan fingerprint density at radius 2 is 1.15 bits per heavy atom. The fraction of sp³-hybridized carbons (Fsp3) is 1.00. The topological polar surface area (TPSA) is 99.4 Å². The highest BCUT2D eigenvalue weighted by molar-refractivity contribution is 6.79. The van der Waals surface area contributed by atoms with E-state index in [0.717, 1.165) is 6.55 Å². The molecule has 9 heteroatoms. The smallest absolute Gasteiger partial charge is 0.411 e. The molecule has 1 atom stereocenters. The predicted molar refractivity (Wildman–Crippen MR) is 51.8 cm³/mol. The lowest BCUT2D eigenvalue weighted by Crippen LogP contribution is -2.55. The molecule has 0 heterocycles. The molecule has 4 N–H and O–H groups in total. The maximum Gasteiger partial charge on any atom is 0.484 e. The van der Waals surface area contributed by atoms with Gasteiger partial charge >= 0.3 is 26.2 Å². The molecule has 0 aromatic rings. The summed E-state index contributed by atoms with van der Waals surface area (Å²) < 4.78 is 9.48. The van der Waals surface area contributed by atoms with Crippen LogP contribution in [0, 0.1) is 0 Å². The normalized spacial score (nSPS) is 18.5. The van der Waals surface area contributed by atoms with Crippen LogP contribution in [-0.2, 0) is 8.23 Å². The van der Waals surface area contributed by atoms with E-state index in [9.17, 15) is 9.59 Å². The van der Waals surface area contributed by atoms with Gasteiger partial charge in [-0.05, 0) is 13.1 Å². The van der Waals surface area contributed by atoms with E-state index in [4.69, 9.17) is 13.7 Å². The van der Waals surface area contributed by atoms with Gasteiger partial charge < -0.3 is 27.4 Å². The van der Waals surface area contributed by atoms with E-state index in [2.05, 4.69) is 4.12 Å². The van der Waals surface area contributed by atoms with Crippen molar-refractivity contribution in [3.05, 3.63) is 0 Å². The molecule has 0 fully saturated rings. The summed E-state index contributed by atoms with van der Waals surface area (Å²) in [5, 5.41) is 0. The second kappa shape index (κ2) is 3.88. The van der Waals surface area contributed by atoms with Crippen LogP contribution in [0.2, 0.25) is 26.2 Å². The molecular weight excluding hydrogens is 228 g/mol. The van der Waals surface area contributed by atoms with E-state index < -0.39 is 26.2 Å². The molecule has 1 unspecified atom stereocenters. The van der Waals surface area contributed by atoms with Crippen molar-refractivity contribution in [2.45, 2.75) is 26.2 Å². The Balaban J connectivity index is 4.25. The minimum atomic E-state index is -3.79. The zero-order valence-corrected chi connectivity index (χ0v) is 11.1. The first-order chi connectivity index (χ1) is 5.41. The third-order valence-electron chi connectivity index (χ3n) is 0.822. The lowest BCUT2D eigenvalue weighted by Gasteiger charge is -2.29. The van der Waals surface area contributed by atoms with Gasteiger partial charge in [-0.2, -0.15) is 0 Å². The van der Waals surface area contributed by atoms with Gasteiger partial charge in [-0.3, -0.25) is 0 Å². The van der Waals surface area contributed by atoms with Crippen LogP contribution >= 0.6 is 0 Å². The van der Waals surface area contributed by atoms with Gasteiger partial charge in [0, 0.05) is 13.1 Å². The predicted octanol–water partition coefficient (Wildman–Crippen LogP) is -1.17. The molecule has 0 aromatic carbocycles. The van der Waals surface area contributed by atoms with Crippen LogP contribution in [0.5, 0.6) is 0 Å². The van der Waals surface area contributed by atoms with Crippen molar-refractivity contribution in [3.8, 4) is 0 Å². The third-order valence-corrected chi connectivity index (χ3v) is 7.40. The first kappa shape index (κ1) is 13.4. The van der Waals surface area contributed by atoms with E-state index in [-0.39, 0.29) is 0 Å². The summed E-state index contributed by atoms with van der Waals surface area (Å²) in [6.45, 7) is 5.22. The average Bonchev–Trinajstić information content (AvgIpc) is 1.43. The van der Waals surface area contributed by atoms with E-state index >= 15 is 0 Å². The largest absolute Gasteiger partial charge is 0.484 e. The second-order valence-corrected chi connectivity index (χ2v) is 11.7. The van der Waals surface area contributed by atoms with Crippen LogP contribution in [0.1, 0.15) is 0 Å². The van der Waals surface area contributed by atoms with Gasteiger partial charge in [0.1, 0.15) is 0 Å². The van der Waals surface area contributed by atoms with Gasteiger partial charge in [0.05, 0.1) is 0 Å². The van der Waals surface area contributed by atoms with Crippen molar-refractivity contribution in [1.29, 1.82) is 0 Å². The molecule has 0 aromatic heterocycles. The molecule has 0 aliphatic carbocycles. The zero-order valence-electron chi connectivity index (χ0n) is 8.11. The maximum atomic E-state index is 9.47. The van der Waals surface area contributed by atoms with Crippen molar-refractivity contribution in [2.75, 3.05) is 0 Å². The van der Waals surface area contributed by atoms with Gasteiger partial charge in [-0.25, -0.2) is 0 Å². The summed E-state index contributed by atoms with van der Waals surface area (Å²) in [6.07, 6.45) is 0. The van der Waals surface area contributed by atoms with E-state index in [1.807, 2.05) is 0 Å². The first-order valence-electron chi connectivity index (χ1n) is 3.71. The number of hydrogen-bond acceptors (Lipinski definition) is 6. The molecule has 0 saturated heterocycles. The van der Waals surface area contributed by atoms with Gasteiger partial charge in [-0.1, -0.05) is 0 Å². The zero-order chi connectivity index (χ0) is 10.9. The van der Waals surface area contributed by atoms with E-state index in [1.54, 1.807) is 0 Å². The molecule has 0 saturated carbocycles. The van der Waals surface area contributed by atoms with Crippen molar-refractivity contribution >= 4 is 26.2 Å². The highest BCUT2D eigenvalue weighted by atomic mass is 28.5. The van der Waals surface area contributed by atoms with Crippen LogP contribution in [0.4, 0.5) is 0 Å². The van der Waals surface area contributed by atoms with E-state index in [0.29, 0.717) is 0 Å². The molecule has 0 amide bonds. The minimum absolute atomic E-state index is 1.09. The summed E-state index contributed by atoms with van der Waals surface area (Å²) in [5.41, 5.74) is 0. The van der Waals surface area contributed by atoms with Gasteiger partial charge in [0.2, 0.25) is 0 Å². The van der Waals surface area contributed by atoms with Gasteiger partial charge in [0.25, 0.3) is 0 Å². The molecule has 0 bridgehead atoms. The Morgan fingerprint density at radius 1 is 0.769 bits per heavy atom. The average molecular weight is 244 g/mol. The number of rotatable bonds is 4. The highest BCUT2D eigenvalue weighted by Crippen LogP contribution is 2.13. The fourth-order valence-corrected chi connectivity index (χ4v) is 7.96. The molecule has 13 heavy (non-hydrogen) atoms. The summed E-state index contributed by atoms with van der Waals surface area (Å²) in [6, 6.07) is 0. The van der Waals surface area contributed by atoms with Crippen molar-refractivity contribution in [1.82, 2.24) is 0 Å². The highest BCUT2D eigenvalue weighted by Gasteiger charge is 2.44. The summed E-state index contributed by atoms with van der Waals surface area (Å²) in [7, 11) is -10.3. The molecule has 80 valence electrons. The monoisotopic (exact) mass is 244 g/mol. The minimum Gasteiger partial charge on any atom is -0.411 e. The Labute approximate surface area is 80.4 Å². The van der Waals surface area contributed by atoms with Crippen LogP contribution in [0.3, 0.4) is 0 Å². The Kier molecular flexibility index (Phi) is 4.00. The standard InChI is InChI=1S/C4H16O6Si3/c1-11(2,5)9-13(4,8)10-12(3,6)7/h5-8H,1-4H3. The third kappa shape index (κ3) is 8.73. The Morgan fingerprint density at radius 3 is 1.38 bits per heavy atom. The second-order valence-electron chi connectivity index (χ2n) is 3.48. The molecule has 0 aliphatic rings. The number of hydrogen-bond donors (Lipinski definition) is 4. The lowest BCUT2D eigenvalue weighted by atomic mass is 11.9. The Bertz CT molecular complexity index is 152. The summed E-state index contributed by atoms with van der Waals surface area (Å²) in [5.74, 6) is 0. The molecule has 0 spiro atoms. The quantitative estimate of drug-likeness (QED) is 0.465. The molecular formula is C4H16O6Si3. The summed E-state index contributed by atoms with van der Waals surface area (Å²) in [4.78, 5) is 36.7.